The van der Waals surface area contributed by atoms with E-state index in [-0.39, 0.29) is 11.1 Å². The lowest BCUT2D eigenvalue weighted by Crippen LogP contribution is -2.23. The predicted octanol–water partition coefficient (Wildman–Crippen LogP) is 10.4. The Bertz CT molecular complexity index is 2200. The maximum atomic E-state index is 13.4. The number of allylic oxidation sites excluding steroid dienone is 2. The van der Waals surface area contributed by atoms with Gasteiger partial charge in [0.1, 0.15) is 0 Å². The lowest BCUT2D eigenvalue weighted by atomic mass is 10.2. The molecule has 0 fully saturated rings. The van der Waals surface area contributed by atoms with Gasteiger partial charge in [-0.3, -0.25) is 13.9 Å². The molecular formula is C37H27Cl3F3N3O3. The van der Waals surface area contributed by atoms with Crippen LogP contribution in [0.3, 0.4) is 0 Å². The standard InChI is InChI=1S/C22H15Cl2F3N2O.C8H6ClNO.C7H6O/c1-13-11-14(7-9-17(13)23)28-19-5-3-2-4-6-20(19)29(21(28)30)15-8-10-18(24)16(12-15)22(25,26)27;1-6-4-7(10-5-11)2-3-8(6)9;8-7-5-3-1-2-4-6-7/h3-12H,2H2,1H3;2-4H,1H3;1-6H. The molecule has 0 atom stereocenters. The summed E-state index contributed by atoms with van der Waals surface area (Å²) in [4.78, 5) is 37.2. The van der Waals surface area contributed by atoms with Crippen molar-refractivity contribution in [1.29, 1.82) is 0 Å². The number of fused-ring (bicyclic) bond motifs is 1. The maximum absolute atomic E-state index is 13.4. The van der Waals surface area contributed by atoms with Gasteiger partial charge in [-0.15, -0.1) is 0 Å². The number of halogens is 6. The number of alkyl halides is 3. The highest BCUT2D eigenvalue weighted by Gasteiger charge is 2.34. The third-order valence-electron chi connectivity index (χ3n) is 7.03. The van der Waals surface area contributed by atoms with Crippen LogP contribution in [0.4, 0.5) is 18.9 Å². The first-order valence-electron chi connectivity index (χ1n) is 14.6. The van der Waals surface area contributed by atoms with Crippen molar-refractivity contribution in [1.82, 2.24) is 9.13 Å². The van der Waals surface area contributed by atoms with Crippen LogP contribution in [0.5, 0.6) is 0 Å². The molecule has 1 aliphatic carbocycles. The van der Waals surface area contributed by atoms with Crippen LogP contribution < -0.4 is 11.1 Å². The molecule has 1 aromatic heterocycles. The second-order valence-corrected chi connectivity index (χ2v) is 11.7. The lowest BCUT2D eigenvalue weighted by molar-refractivity contribution is -0.137. The molecule has 49 heavy (non-hydrogen) atoms. The van der Waals surface area contributed by atoms with Crippen LogP contribution in [0.2, 0.25) is 15.1 Å². The minimum atomic E-state index is -4.64. The Morgan fingerprint density at radius 3 is 1.71 bits per heavy atom. The first-order chi connectivity index (χ1) is 23.3. The van der Waals surface area contributed by atoms with Crippen molar-refractivity contribution in [3.8, 4) is 11.4 Å². The third-order valence-corrected chi connectivity index (χ3v) is 8.21. The van der Waals surface area contributed by atoms with Gasteiger partial charge in [0.05, 0.1) is 39.0 Å². The van der Waals surface area contributed by atoms with Crippen LogP contribution in [0.1, 0.15) is 34.5 Å². The molecule has 0 unspecified atom stereocenters. The van der Waals surface area contributed by atoms with Crippen molar-refractivity contribution in [2.45, 2.75) is 26.4 Å². The fourth-order valence-corrected chi connectivity index (χ4v) is 5.13. The molecular weight excluding hydrogens is 698 g/mol. The van der Waals surface area contributed by atoms with E-state index in [4.69, 9.17) is 34.8 Å². The van der Waals surface area contributed by atoms with Crippen molar-refractivity contribution < 1.29 is 18.0 Å². The molecule has 0 spiro atoms. The second-order valence-electron chi connectivity index (χ2n) is 10.5. The molecule has 0 saturated heterocycles. The number of nitrogens with zero attached hydrogens (tertiary/aromatic N) is 3. The van der Waals surface area contributed by atoms with Gasteiger partial charge in [0.15, 0.2) is 5.43 Å². The van der Waals surface area contributed by atoms with Gasteiger partial charge in [-0.2, -0.15) is 18.2 Å². The van der Waals surface area contributed by atoms with E-state index in [1.54, 1.807) is 60.7 Å². The van der Waals surface area contributed by atoms with Crippen molar-refractivity contribution in [2.24, 2.45) is 4.99 Å². The summed E-state index contributed by atoms with van der Waals surface area (Å²) in [5, 5.41) is 0.809. The SMILES string of the molecule is Cc1cc(-n2c3c(n(-c4ccc(Cl)c(C(F)(F)F)c4)c2=O)C=CCC=C3)ccc1Cl.Cc1cc(N=C=O)ccc1Cl.O=c1cccccc1. The molecule has 0 N–H and O–H groups in total. The van der Waals surface area contributed by atoms with E-state index in [0.717, 1.165) is 23.3 Å². The van der Waals surface area contributed by atoms with Crippen LogP contribution in [0.15, 0.2) is 118 Å². The van der Waals surface area contributed by atoms with Crippen molar-refractivity contribution >= 4 is 58.7 Å². The van der Waals surface area contributed by atoms with Crippen LogP contribution in [-0.2, 0) is 11.0 Å². The zero-order valence-corrected chi connectivity index (χ0v) is 28.3. The molecule has 0 amide bonds. The normalized spacial score (nSPS) is 11.6. The maximum Gasteiger partial charge on any atom is 0.417 e. The van der Waals surface area contributed by atoms with Gasteiger partial charge in [0.2, 0.25) is 6.08 Å². The smallest absolute Gasteiger partial charge is 0.290 e. The highest BCUT2D eigenvalue weighted by molar-refractivity contribution is 6.32. The minimum Gasteiger partial charge on any atom is -0.290 e. The first-order valence-corrected chi connectivity index (χ1v) is 15.7. The Labute approximate surface area is 294 Å². The summed E-state index contributed by atoms with van der Waals surface area (Å²) in [6.45, 7) is 3.67. The number of aromatic nitrogens is 2. The Balaban J connectivity index is 0.000000231. The summed E-state index contributed by atoms with van der Waals surface area (Å²) in [6, 6.07) is 23.8. The largest absolute Gasteiger partial charge is 0.417 e. The number of hydrogen-bond acceptors (Lipinski definition) is 4. The number of aryl methyl sites for hydroxylation is 2. The number of rotatable bonds is 3. The number of carbonyl (C=O) groups excluding carboxylic acids is 1. The first kappa shape index (κ1) is 36.9. The van der Waals surface area contributed by atoms with Crippen LogP contribution >= 0.6 is 34.8 Å². The van der Waals surface area contributed by atoms with Gasteiger partial charge >= 0.3 is 11.9 Å². The molecule has 0 aliphatic heterocycles. The number of isocyanates is 1. The number of imidazole rings is 1. The molecule has 1 heterocycles. The molecule has 12 heteroatoms. The molecule has 0 radical (unpaired) electrons. The summed E-state index contributed by atoms with van der Waals surface area (Å²) in [6.07, 6.45) is 4.71. The fourth-order valence-electron chi connectivity index (χ4n) is 4.67. The predicted molar refractivity (Wildman–Crippen MR) is 190 cm³/mol. The summed E-state index contributed by atoms with van der Waals surface area (Å²) in [5.74, 6) is 0. The minimum absolute atomic E-state index is 0.0509. The van der Waals surface area contributed by atoms with E-state index in [0.29, 0.717) is 39.2 Å². The molecule has 0 bridgehead atoms. The zero-order chi connectivity index (χ0) is 35.7. The van der Waals surface area contributed by atoms with E-state index >= 15 is 0 Å². The summed E-state index contributed by atoms with van der Waals surface area (Å²) < 4.78 is 42.9. The van der Waals surface area contributed by atoms with Gasteiger partial charge in [0.25, 0.3) is 0 Å². The average Bonchev–Trinajstić information content (AvgIpc) is 3.28. The van der Waals surface area contributed by atoms with E-state index in [2.05, 4.69) is 4.99 Å². The Morgan fingerprint density at radius 1 is 0.694 bits per heavy atom. The Kier molecular flexibility index (Phi) is 12.4. The molecule has 250 valence electrons. The van der Waals surface area contributed by atoms with Gasteiger partial charge in [-0.25, -0.2) is 9.59 Å². The highest BCUT2D eigenvalue weighted by Crippen LogP contribution is 2.36. The number of aliphatic imine (C=N–C) groups is 1. The van der Waals surface area contributed by atoms with Crippen LogP contribution in [0, 0.1) is 13.8 Å². The average molecular weight is 725 g/mol. The third kappa shape index (κ3) is 9.37. The van der Waals surface area contributed by atoms with Gasteiger partial charge < -0.3 is 0 Å². The molecule has 6 nitrogen and oxygen atoms in total. The van der Waals surface area contributed by atoms with Crippen molar-refractivity contribution in [3.63, 3.8) is 0 Å². The number of hydrogen-bond donors (Lipinski definition) is 0. The summed E-state index contributed by atoms with van der Waals surface area (Å²) >= 11 is 17.6. The molecule has 6 rings (SSSR count). The van der Waals surface area contributed by atoms with Crippen LogP contribution in [0.25, 0.3) is 23.5 Å². The molecule has 1 aliphatic rings. The summed E-state index contributed by atoms with van der Waals surface area (Å²) in [5.41, 5.74) is 2.54. The van der Waals surface area contributed by atoms with Gasteiger partial charge in [-0.1, -0.05) is 71.2 Å². The summed E-state index contributed by atoms with van der Waals surface area (Å²) in [7, 11) is 0. The van der Waals surface area contributed by atoms with E-state index in [1.807, 2.05) is 38.1 Å². The quantitative estimate of drug-likeness (QED) is 0.137. The van der Waals surface area contributed by atoms with Crippen molar-refractivity contribution in [3.05, 3.63) is 167 Å². The van der Waals surface area contributed by atoms with E-state index < -0.39 is 22.5 Å². The zero-order valence-electron chi connectivity index (χ0n) is 26.0. The molecule has 0 saturated carbocycles. The van der Waals surface area contributed by atoms with E-state index in [1.165, 1.54) is 33.4 Å². The second kappa shape index (κ2) is 16.5. The van der Waals surface area contributed by atoms with Gasteiger partial charge in [0, 0.05) is 10.0 Å². The van der Waals surface area contributed by atoms with Crippen LogP contribution in [-0.4, -0.2) is 15.2 Å². The molecule has 5 aromatic rings. The van der Waals surface area contributed by atoms with E-state index in [9.17, 15) is 27.6 Å². The van der Waals surface area contributed by atoms with Crippen molar-refractivity contribution in [2.75, 3.05) is 0 Å². The van der Waals surface area contributed by atoms with Gasteiger partial charge in [-0.05, 0) is 110 Å². The Morgan fingerprint density at radius 2 is 1.20 bits per heavy atom. The monoisotopic (exact) mass is 723 g/mol. The highest BCUT2D eigenvalue weighted by atomic mass is 35.5. The topological polar surface area (TPSA) is 73.4 Å². The lowest BCUT2D eigenvalue weighted by Gasteiger charge is -2.12. The number of benzene rings is 3. The Hall–Kier alpha value is -4.92. The fraction of sp³-hybridized carbons (Fsp3) is 0.108. The molecule has 4 aromatic carbocycles.